The van der Waals surface area contributed by atoms with E-state index in [1.54, 1.807) is 35.6 Å². The van der Waals surface area contributed by atoms with Crippen molar-refractivity contribution in [3.8, 4) is 0 Å². The van der Waals surface area contributed by atoms with Crippen molar-refractivity contribution in [3.05, 3.63) is 51.7 Å². The molecule has 1 aliphatic rings. The summed E-state index contributed by atoms with van der Waals surface area (Å²) < 4.78 is 0. The fourth-order valence-corrected chi connectivity index (χ4v) is 3.97. The van der Waals surface area contributed by atoms with Gasteiger partial charge < -0.3 is 10.6 Å². The number of nitrogens with one attached hydrogen (secondary N) is 2. The Morgan fingerprint density at radius 1 is 1.35 bits per heavy atom. The number of hydrogen-bond acceptors (Lipinski definition) is 6. The normalized spacial score (nSPS) is 18.8. The van der Waals surface area contributed by atoms with Gasteiger partial charge in [-0.2, -0.15) is 5.10 Å². The Morgan fingerprint density at radius 3 is 2.92 bits per heavy atom. The SMILES string of the molecule is C/C(=N/N=C1/NC(=O)[C@H](CC(=O)Nc2cccc(Cl)c2)S1)c1cccs1. The number of halogens is 1. The Balaban J connectivity index is 1.58. The lowest BCUT2D eigenvalue weighted by Gasteiger charge is -2.07. The van der Waals surface area contributed by atoms with E-state index in [2.05, 4.69) is 20.8 Å². The zero-order valence-electron chi connectivity index (χ0n) is 13.7. The summed E-state index contributed by atoms with van der Waals surface area (Å²) >= 11 is 8.66. The van der Waals surface area contributed by atoms with Gasteiger partial charge in [0.25, 0.3) is 0 Å². The molecular weight excluding hydrogens is 392 g/mol. The Labute approximate surface area is 163 Å². The van der Waals surface area contributed by atoms with Gasteiger partial charge in [-0.3, -0.25) is 9.59 Å². The number of nitrogens with zero attached hydrogens (tertiary/aromatic N) is 2. The molecule has 2 aromatic rings. The third kappa shape index (κ3) is 4.94. The molecule has 2 heterocycles. The van der Waals surface area contributed by atoms with Crippen molar-refractivity contribution in [1.82, 2.24) is 5.32 Å². The fourth-order valence-electron chi connectivity index (χ4n) is 2.19. The molecule has 0 radical (unpaired) electrons. The molecule has 2 N–H and O–H groups in total. The summed E-state index contributed by atoms with van der Waals surface area (Å²) in [6.45, 7) is 1.85. The van der Waals surface area contributed by atoms with Crippen molar-refractivity contribution in [1.29, 1.82) is 0 Å². The van der Waals surface area contributed by atoms with Crippen LogP contribution in [0.4, 0.5) is 5.69 Å². The molecule has 1 saturated heterocycles. The number of hydrogen-bond donors (Lipinski definition) is 2. The molecule has 1 atom stereocenters. The van der Waals surface area contributed by atoms with Gasteiger partial charge in [0.2, 0.25) is 11.8 Å². The van der Waals surface area contributed by atoms with Crippen molar-refractivity contribution < 1.29 is 9.59 Å². The predicted molar refractivity (Wildman–Crippen MR) is 108 cm³/mol. The van der Waals surface area contributed by atoms with Crippen LogP contribution in [-0.4, -0.2) is 27.9 Å². The summed E-state index contributed by atoms with van der Waals surface area (Å²) in [5, 5.41) is 15.9. The molecule has 3 rings (SSSR count). The minimum atomic E-state index is -0.537. The van der Waals surface area contributed by atoms with Gasteiger partial charge in [0, 0.05) is 17.1 Å². The predicted octanol–water partition coefficient (Wildman–Crippen LogP) is 3.74. The van der Waals surface area contributed by atoms with Crippen LogP contribution in [0.25, 0.3) is 0 Å². The highest BCUT2D eigenvalue weighted by Crippen LogP contribution is 2.24. The van der Waals surface area contributed by atoms with Gasteiger partial charge >= 0.3 is 0 Å². The molecule has 9 heteroatoms. The molecule has 134 valence electrons. The highest BCUT2D eigenvalue weighted by atomic mass is 35.5. The smallest absolute Gasteiger partial charge is 0.240 e. The van der Waals surface area contributed by atoms with Crippen molar-refractivity contribution in [2.75, 3.05) is 5.32 Å². The van der Waals surface area contributed by atoms with Crippen LogP contribution in [0.1, 0.15) is 18.2 Å². The average Bonchev–Trinajstić information content (AvgIpc) is 3.23. The topological polar surface area (TPSA) is 82.9 Å². The van der Waals surface area contributed by atoms with Crippen molar-refractivity contribution in [3.63, 3.8) is 0 Å². The average molecular weight is 407 g/mol. The Kier molecular flexibility index (Phi) is 6.08. The Hall–Kier alpha value is -2.16. The standard InChI is InChI=1S/C17H15ClN4O2S2/c1-10(13-6-3-7-25-13)21-22-17-20-16(24)14(26-17)9-15(23)19-12-5-2-4-11(18)8-12/h2-8,14H,9H2,1H3,(H,19,23)(H,20,22,24)/b21-10-/t14-/m0/s1. The lowest BCUT2D eigenvalue weighted by atomic mass is 10.2. The van der Waals surface area contributed by atoms with Crippen LogP contribution in [0.15, 0.2) is 52.0 Å². The lowest BCUT2D eigenvalue weighted by Crippen LogP contribution is -2.28. The second kappa shape index (κ2) is 8.48. The van der Waals surface area contributed by atoms with Gasteiger partial charge in [0.1, 0.15) is 5.25 Å². The van der Waals surface area contributed by atoms with Crippen molar-refractivity contribution in [2.45, 2.75) is 18.6 Å². The number of benzene rings is 1. The molecule has 6 nitrogen and oxygen atoms in total. The molecule has 0 unspecified atom stereocenters. The van der Waals surface area contributed by atoms with Gasteiger partial charge in [-0.1, -0.05) is 35.5 Å². The minimum absolute atomic E-state index is 0.0374. The fraction of sp³-hybridized carbons (Fsp3) is 0.176. The maximum absolute atomic E-state index is 12.1. The second-order valence-electron chi connectivity index (χ2n) is 5.43. The molecule has 1 aliphatic heterocycles. The van der Waals surface area contributed by atoms with Crippen LogP contribution in [0.2, 0.25) is 5.02 Å². The molecule has 1 aromatic heterocycles. The van der Waals surface area contributed by atoms with E-state index in [0.717, 1.165) is 10.6 Å². The highest BCUT2D eigenvalue weighted by molar-refractivity contribution is 8.15. The first-order chi connectivity index (χ1) is 12.5. The minimum Gasteiger partial charge on any atom is -0.326 e. The third-order valence-electron chi connectivity index (χ3n) is 3.42. The second-order valence-corrected chi connectivity index (χ2v) is 8.00. The van der Waals surface area contributed by atoms with Crippen LogP contribution in [0.5, 0.6) is 0 Å². The van der Waals surface area contributed by atoms with E-state index >= 15 is 0 Å². The number of thiophene rings is 1. The van der Waals surface area contributed by atoms with E-state index in [-0.39, 0.29) is 18.2 Å². The van der Waals surface area contributed by atoms with E-state index < -0.39 is 5.25 Å². The van der Waals surface area contributed by atoms with Gasteiger partial charge in [-0.25, -0.2) is 0 Å². The largest absolute Gasteiger partial charge is 0.326 e. The molecule has 0 saturated carbocycles. The molecule has 1 aromatic carbocycles. The number of amides is 2. The zero-order chi connectivity index (χ0) is 18.5. The van der Waals surface area contributed by atoms with Crippen molar-refractivity contribution in [2.24, 2.45) is 10.2 Å². The number of amidine groups is 1. The molecule has 0 bridgehead atoms. The monoisotopic (exact) mass is 406 g/mol. The third-order valence-corrected chi connectivity index (χ3v) is 5.71. The molecule has 1 fully saturated rings. The van der Waals surface area contributed by atoms with E-state index in [4.69, 9.17) is 11.6 Å². The first-order valence-electron chi connectivity index (χ1n) is 7.70. The number of carbonyl (C=O) groups is 2. The summed E-state index contributed by atoms with van der Waals surface area (Å²) in [7, 11) is 0. The van der Waals surface area contributed by atoms with E-state index in [0.29, 0.717) is 15.9 Å². The molecule has 2 amide bonds. The number of thioether (sulfide) groups is 1. The molecule has 26 heavy (non-hydrogen) atoms. The maximum atomic E-state index is 12.1. The summed E-state index contributed by atoms with van der Waals surface area (Å²) in [4.78, 5) is 25.2. The van der Waals surface area contributed by atoms with Crippen LogP contribution >= 0.6 is 34.7 Å². The summed E-state index contributed by atoms with van der Waals surface area (Å²) in [5.74, 6) is -0.515. The maximum Gasteiger partial charge on any atom is 0.240 e. The van der Waals surface area contributed by atoms with E-state index in [1.165, 1.54) is 11.8 Å². The number of anilines is 1. The van der Waals surface area contributed by atoms with Gasteiger partial charge in [-0.05, 0) is 36.6 Å². The van der Waals surface area contributed by atoms with Gasteiger partial charge in [-0.15, -0.1) is 16.4 Å². The van der Waals surface area contributed by atoms with E-state index in [9.17, 15) is 9.59 Å². The zero-order valence-corrected chi connectivity index (χ0v) is 16.1. The van der Waals surface area contributed by atoms with Crippen molar-refractivity contribution >= 4 is 63.1 Å². The lowest BCUT2D eigenvalue weighted by molar-refractivity contribution is -0.122. The quantitative estimate of drug-likeness (QED) is 0.586. The van der Waals surface area contributed by atoms with Crippen LogP contribution in [0.3, 0.4) is 0 Å². The van der Waals surface area contributed by atoms with Crippen LogP contribution in [0, 0.1) is 0 Å². The summed E-state index contributed by atoms with van der Waals surface area (Å²) in [6, 6.07) is 10.7. The molecule has 0 spiro atoms. The van der Waals surface area contributed by atoms with Gasteiger partial charge in [0.05, 0.1) is 10.6 Å². The van der Waals surface area contributed by atoms with Crippen LogP contribution < -0.4 is 10.6 Å². The highest BCUT2D eigenvalue weighted by Gasteiger charge is 2.32. The first-order valence-corrected chi connectivity index (χ1v) is 9.84. The molecule has 0 aliphatic carbocycles. The number of carbonyl (C=O) groups excluding carboxylic acids is 2. The number of rotatable bonds is 5. The first kappa shape index (κ1) is 18.6. The van der Waals surface area contributed by atoms with Gasteiger partial charge in [0.15, 0.2) is 5.17 Å². The van der Waals surface area contributed by atoms with E-state index in [1.807, 2.05) is 24.4 Å². The summed E-state index contributed by atoms with van der Waals surface area (Å²) in [5.41, 5.74) is 1.36. The Bertz CT molecular complexity index is 881. The Morgan fingerprint density at radius 2 is 2.19 bits per heavy atom. The summed E-state index contributed by atoms with van der Waals surface area (Å²) in [6.07, 6.45) is 0.0374. The van der Waals surface area contributed by atoms with Crippen LogP contribution in [-0.2, 0) is 9.59 Å². The molecular formula is C17H15ClN4O2S2.